The van der Waals surface area contributed by atoms with E-state index in [2.05, 4.69) is 0 Å². The van der Waals surface area contributed by atoms with Crippen LogP contribution < -0.4 is 5.32 Å². The average molecular weight is 281 g/mol. The van der Waals surface area contributed by atoms with Crippen molar-refractivity contribution in [2.75, 3.05) is 0 Å². The summed E-state index contributed by atoms with van der Waals surface area (Å²) >= 11 is 0. The van der Waals surface area contributed by atoms with Crippen molar-refractivity contribution in [2.45, 2.75) is 6.92 Å². The van der Waals surface area contributed by atoms with Crippen molar-refractivity contribution >= 4 is 23.1 Å². The number of ketones is 1. The first-order chi connectivity index (χ1) is 10.1. The summed E-state index contributed by atoms with van der Waals surface area (Å²) in [5.74, 6) is -1.73. The normalized spacial score (nSPS) is 11.7. The van der Waals surface area contributed by atoms with Crippen LogP contribution in [0.25, 0.3) is 0 Å². The van der Waals surface area contributed by atoms with Gasteiger partial charge in [0.25, 0.3) is 0 Å². The summed E-state index contributed by atoms with van der Waals surface area (Å²) in [6.07, 6.45) is 0. The quantitative estimate of drug-likeness (QED) is 0.497. The average Bonchev–Trinajstić information content (AvgIpc) is 2.49. The Kier molecular flexibility index (Phi) is 4.74. The van der Waals surface area contributed by atoms with Gasteiger partial charge in [0.1, 0.15) is 5.69 Å². The Labute approximate surface area is 123 Å². The van der Waals surface area contributed by atoms with Gasteiger partial charge in [-0.3, -0.25) is 4.79 Å². The van der Waals surface area contributed by atoms with Crippen molar-refractivity contribution in [1.29, 1.82) is 5.41 Å². The Balaban J connectivity index is 2.21. The van der Waals surface area contributed by atoms with E-state index in [0.717, 1.165) is 5.69 Å². The molecule has 0 radical (unpaired) electrons. The number of quaternary nitrogens is 1. The van der Waals surface area contributed by atoms with Crippen molar-refractivity contribution in [1.82, 2.24) is 0 Å². The first kappa shape index (κ1) is 14.8. The third-order valence-corrected chi connectivity index (χ3v) is 3.17. The lowest BCUT2D eigenvalue weighted by Crippen LogP contribution is -2.85. The number of carbonyl (C=O) groups excluding carboxylic acids is 2. The van der Waals surface area contributed by atoms with E-state index in [0.29, 0.717) is 5.56 Å². The molecule has 4 heteroatoms. The van der Waals surface area contributed by atoms with Crippen LogP contribution in [0, 0.1) is 11.3 Å². The second-order valence-electron chi connectivity index (χ2n) is 4.78. The largest absolute Gasteiger partial charge is 0.332 e. The van der Waals surface area contributed by atoms with Crippen LogP contribution in [0.1, 0.15) is 12.5 Å². The van der Waals surface area contributed by atoms with Gasteiger partial charge < -0.3 is 5.41 Å². The van der Waals surface area contributed by atoms with Gasteiger partial charge >= 0.3 is 5.91 Å². The predicted molar refractivity (Wildman–Crippen MR) is 80.5 cm³/mol. The minimum Gasteiger partial charge on any atom is -0.303 e. The van der Waals surface area contributed by atoms with Gasteiger partial charge in [-0.1, -0.05) is 48.5 Å². The van der Waals surface area contributed by atoms with Crippen LogP contribution in [-0.4, -0.2) is 17.4 Å². The minimum absolute atomic E-state index is 0.0419. The fraction of sp³-hybridized carbons (Fsp3) is 0.118. The molecule has 3 N–H and O–H groups in total. The van der Waals surface area contributed by atoms with Crippen LogP contribution in [-0.2, 0) is 9.59 Å². The van der Waals surface area contributed by atoms with E-state index in [1.54, 1.807) is 36.4 Å². The highest BCUT2D eigenvalue weighted by Gasteiger charge is 2.32. The molecule has 2 rings (SSSR count). The summed E-state index contributed by atoms with van der Waals surface area (Å²) in [6, 6.07) is 18.0. The fourth-order valence-corrected chi connectivity index (χ4v) is 2.13. The van der Waals surface area contributed by atoms with Gasteiger partial charge in [0.15, 0.2) is 11.7 Å². The highest BCUT2D eigenvalue weighted by atomic mass is 16.2. The molecule has 0 aliphatic carbocycles. The van der Waals surface area contributed by atoms with E-state index < -0.39 is 5.92 Å². The van der Waals surface area contributed by atoms with Gasteiger partial charge in [-0.05, 0) is 24.6 Å². The second-order valence-corrected chi connectivity index (χ2v) is 4.78. The zero-order chi connectivity index (χ0) is 15.2. The maximum atomic E-state index is 12.4. The van der Waals surface area contributed by atoms with Crippen molar-refractivity contribution < 1.29 is 14.9 Å². The molecule has 106 valence electrons. The van der Waals surface area contributed by atoms with Gasteiger partial charge in [0.2, 0.25) is 0 Å². The molecule has 0 saturated heterocycles. The fourth-order valence-electron chi connectivity index (χ4n) is 2.13. The molecule has 1 unspecified atom stereocenters. The predicted octanol–water partition coefficient (Wildman–Crippen LogP) is 1.68. The lowest BCUT2D eigenvalue weighted by molar-refractivity contribution is -0.484. The van der Waals surface area contributed by atoms with Gasteiger partial charge in [-0.25, -0.2) is 10.1 Å². The molecule has 1 atom stereocenters. The van der Waals surface area contributed by atoms with Crippen LogP contribution in [0.2, 0.25) is 0 Å². The Morgan fingerprint density at radius 1 is 0.952 bits per heavy atom. The lowest BCUT2D eigenvalue weighted by atomic mass is 9.92. The van der Waals surface area contributed by atoms with Crippen LogP contribution in [0.4, 0.5) is 5.69 Å². The first-order valence-electron chi connectivity index (χ1n) is 6.67. The molecule has 21 heavy (non-hydrogen) atoms. The summed E-state index contributed by atoms with van der Waals surface area (Å²) in [4.78, 5) is 24.2. The lowest BCUT2D eigenvalue weighted by Gasteiger charge is -2.12. The summed E-state index contributed by atoms with van der Waals surface area (Å²) in [7, 11) is 0. The zero-order valence-corrected chi connectivity index (χ0v) is 11.7. The van der Waals surface area contributed by atoms with Crippen LogP contribution in [0.3, 0.4) is 0 Å². The molecule has 2 aromatic carbocycles. The molecule has 0 heterocycles. The van der Waals surface area contributed by atoms with Gasteiger partial charge in [0, 0.05) is 0 Å². The van der Waals surface area contributed by atoms with Crippen molar-refractivity contribution in [3.8, 4) is 0 Å². The molecule has 0 aromatic heterocycles. The third-order valence-electron chi connectivity index (χ3n) is 3.17. The molecule has 0 spiro atoms. The Bertz CT molecular complexity index is 651. The summed E-state index contributed by atoms with van der Waals surface area (Å²) in [5.41, 5.74) is 1.36. The van der Waals surface area contributed by atoms with E-state index in [4.69, 9.17) is 5.41 Å². The van der Waals surface area contributed by atoms with Crippen LogP contribution >= 0.6 is 0 Å². The number of hydrogen-bond acceptors (Lipinski definition) is 3. The maximum Gasteiger partial charge on any atom is 0.332 e. The Morgan fingerprint density at radius 2 is 1.48 bits per heavy atom. The number of primary amides is 1. The standard InChI is InChI=1S/C17H16N2O2/c1-12(20)15(16(18)13-8-4-2-5-9-13)17(21)19-14-10-6-3-7-11-14/h2-11,15,18H,1H3,(H,19,21)/p+1. The number of nitrogens with two attached hydrogens (primary N) is 1. The number of amides is 1. The number of nitrogens with one attached hydrogen (secondary N) is 1. The van der Waals surface area contributed by atoms with E-state index in [1.807, 2.05) is 24.3 Å². The molecule has 0 fully saturated rings. The monoisotopic (exact) mass is 281 g/mol. The van der Waals surface area contributed by atoms with E-state index >= 15 is 0 Å². The van der Waals surface area contributed by atoms with E-state index in [1.165, 1.54) is 12.2 Å². The maximum absolute atomic E-state index is 12.4. The first-order valence-corrected chi connectivity index (χ1v) is 6.67. The SMILES string of the molecule is CC(=O)C(C(=N)c1ccccc1)C(=O)[NH2+]c1ccccc1. The van der Waals surface area contributed by atoms with Gasteiger partial charge in [0.05, 0.1) is 5.71 Å². The van der Waals surface area contributed by atoms with Crippen molar-refractivity contribution in [3.63, 3.8) is 0 Å². The summed E-state index contributed by atoms with van der Waals surface area (Å²) in [5, 5.41) is 9.57. The highest BCUT2D eigenvalue weighted by molar-refractivity contribution is 6.22. The number of carbonyl (C=O) groups is 2. The topological polar surface area (TPSA) is 74.6 Å². The van der Waals surface area contributed by atoms with Crippen LogP contribution in [0.5, 0.6) is 0 Å². The molecule has 1 amide bonds. The summed E-state index contributed by atoms with van der Waals surface area (Å²) < 4.78 is 0. The number of hydrogen-bond donors (Lipinski definition) is 2. The number of rotatable bonds is 5. The molecule has 2 aromatic rings. The number of Topliss-reactive ketones (excluding diaryl/α,β-unsaturated/α-hetero) is 1. The molecule has 0 aliphatic heterocycles. The second kappa shape index (κ2) is 6.72. The Morgan fingerprint density at radius 3 is 2.00 bits per heavy atom. The van der Waals surface area contributed by atoms with Gasteiger partial charge in [-0.15, -0.1) is 0 Å². The summed E-state index contributed by atoms with van der Waals surface area (Å²) in [6.45, 7) is 1.35. The smallest absolute Gasteiger partial charge is 0.303 e. The number of para-hydroxylation sites is 1. The van der Waals surface area contributed by atoms with E-state index in [-0.39, 0.29) is 17.4 Å². The van der Waals surface area contributed by atoms with Crippen LogP contribution in [0.15, 0.2) is 60.7 Å². The van der Waals surface area contributed by atoms with E-state index in [9.17, 15) is 9.59 Å². The van der Waals surface area contributed by atoms with Gasteiger partial charge in [-0.2, -0.15) is 0 Å². The highest BCUT2D eigenvalue weighted by Crippen LogP contribution is 2.10. The van der Waals surface area contributed by atoms with Crippen molar-refractivity contribution in [2.24, 2.45) is 5.92 Å². The number of benzene rings is 2. The molecule has 4 nitrogen and oxygen atoms in total. The molecular formula is C17H17N2O2+. The Hall–Kier alpha value is -2.59. The molecular weight excluding hydrogens is 264 g/mol. The molecule has 0 aliphatic rings. The third kappa shape index (κ3) is 3.70. The van der Waals surface area contributed by atoms with Crippen molar-refractivity contribution in [3.05, 3.63) is 66.2 Å². The minimum atomic E-state index is -1.05. The molecule has 0 saturated carbocycles. The zero-order valence-electron chi connectivity index (χ0n) is 11.7. The molecule has 0 bridgehead atoms.